The number of methoxy groups -OCH3 is 1. The zero-order chi connectivity index (χ0) is 13.1. The van der Waals surface area contributed by atoms with Gasteiger partial charge in [0.1, 0.15) is 11.9 Å². The Balaban J connectivity index is 2.34. The highest BCUT2D eigenvalue weighted by molar-refractivity contribution is 9.10. The van der Waals surface area contributed by atoms with Crippen LogP contribution in [0.15, 0.2) is 34.9 Å². The quantitative estimate of drug-likeness (QED) is 0.944. The summed E-state index contributed by atoms with van der Waals surface area (Å²) in [5.74, 6) is 0.745. The summed E-state index contributed by atoms with van der Waals surface area (Å²) in [5.41, 5.74) is 1.59. The molecule has 0 radical (unpaired) electrons. The fraction of sp³-hybridized carbons (Fsp3) is 0.308. The van der Waals surface area contributed by atoms with Crippen LogP contribution in [0.4, 0.5) is 0 Å². The lowest BCUT2D eigenvalue weighted by atomic mass is 10.1. The average molecular weight is 311 g/mol. The number of aliphatic hydroxyl groups is 1. The lowest BCUT2D eigenvalue weighted by Gasteiger charge is -2.14. The molecule has 0 bridgehead atoms. The van der Waals surface area contributed by atoms with E-state index in [1.54, 1.807) is 18.0 Å². The van der Waals surface area contributed by atoms with E-state index < -0.39 is 6.10 Å². The Bertz CT molecular complexity index is 540. The number of rotatable bonds is 4. The van der Waals surface area contributed by atoms with E-state index in [1.165, 1.54) is 0 Å². The van der Waals surface area contributed by atoms with Gasteiger partial charge in [-0.15, -0.1) is 0 Å². The molecule has 5 heteroatoms. The van der Waals surface area contributed by atoms with E-state index in [4.69, 9.17) is 4.74 Å². The molecular weight excluding hydrogens is 296 g/mol. The van der Waals surface area contributed by atoms with Gasteiger partial charge in [-0.25, -0.2) is 0 Å². The first-order valence-electron chi connectivity index (χ1n) is 5.70. The van der Waals surface area contributed by atoms with E-state index in [-0.39, 0.29) is 0 Å². The van der Waals surface area contributed by atoms with Crippen LogP contribution >= 0.6 is 15.9 Å². The smallest absolute Gasteiger partial charge is 0.133 e. The first kappa shape index (κ1) is 13.1. The van der Waals surface area contributed by atoms with Crippen molar-refractivity contribution in [3.63, 3.8) is 0 Å². The third-order valence-corrected chi connectivity index (χ3v) is 3.44. The van der Waals surface area contributed by atoms with Gasteiger partial charge in [0, 0.05) is 12.7 Å². The third kappa shape index (κ3) is 2.42. The Morgan fingerprint density at radius 1 is 1.44 bits per heavy atom. The van der Waals surface area contributed by atoms with E-state index in [1.807, 2.05) is 31.2 Å². The Kier molecular flexibility index (Phi) is 4.04. The van der Waals surface area contributed by atoms with Gasteiger partial charge in [0.15, 0.2) is 0 Å². The average Bonchev–Trinajstić information content (AvgIpc) is 2.86. The molecule has 0 saturated carbocycles. The van der Waals surface area contributed by atoms with Crippen LogP contribution in [-0.2, 0) is 6.54 Å². The van der Waals surface area contributed by atoms with Crippen LogP contribution in [0.1, 0.15) is 24.3 Å². The van der Waals surface area contributed by atoms with Gasteiger partial charge in [0.25, 0.3) is 0 Å². The number of nitrogens with zero attached hydrogens (tertiary/aromatic N) is 2. The summed E-state index contributed by atoms with van der Waals surface area (Å²) in [6.45, 7) is 2.73. The van der Waals surface area contributed by atoms with Crippen molar-refractivity contribution in [2.45, 2.75) is 19.6 Å². The predicted molar refractivity (Wildman–Crippen MR) is 72.7 cm³/mol. The molecule has 2 aromatic rings. The highest BCUT2D eigenvalue weighted by Crippen LogP contribution is 2.30. The lowest BCUT2D eigenvalue weighted by Crippen LogP contribution is -2.09. The molecule has 1 N–H and O–H groups in total. The summed E-state index contributed by atoms with van der Waals surface area (Å²) < 4.78 is 7.77. The van der Waals surface area contributed by atoms with Gasteiger partial charge in [-0.2, -0.15) is 5.10 Å². The largest absolute Gasteiger partial charge is 0.496 e. The minimum absolute atomic E-state index is 0.686. The SMILES string of the molecule is CCn1nccc1C(O)c1ccc(OC)c(Br)c1. The van der Waals surface area contributed by atoms with Crippen molar-refractivity contribution < 1.29 is 9.84 Å². The maximum absolute atomic E-state index is 10.4. The zero-order valence-electron chi connectivity index (χ0n) is 10.3. The number of aliphatic hydroxyl groups excluding tert-OH is 1. The van der Waals surface area contributed by atoms with Crippen molar-refractivity contribution in [2.75, 3.05) is 7.11 Å². The molecule has 96 valence electrons. The van der Waals surface area contributed by atoms with E-state index in [0.717, 1.165) is 28.0 Å². The number of ether oxygens (including phenoxy) is 1. The predicted octanol–water partition coefficient (Wildman–Crippen LogP) is 2.76. The summed E-state index contributed by atoms with van der Waals surface area (Å²) in [7, 11) is 1.61. The van der Waals surface area contributed by atoms with Crippen molar-refractivity contribution in [3.8, 4) is 5.75 Å². The van der Waals surface area contributed by atoms with Crippen LogP contribution in [0.25, 0.3) is 0 Å². The van der Waals surface area contributed by atoms with Gasteiger partial charge >= 0.3 is 0 Å². The second-order valence-corrected chi connectivity index (χ2v) is 4.72. The molecule has 18 heavy (non-hydrogen) atoms. The fourth-order valence-corrected chi connectivity index (χ4v) is 2.42. The Morgan fingerprint density at radius 2 is 2.22 bits per heavy atom. The van der Waals surface area contributed by atoms with E-state index in [9.17, 15) is 5.11 Å². The number of aryl methyl sites for hydroxylation is 1. The topological polar surface area (TPSA) is 47.3 Å². The summed E-state index contributed by atoms with van der Waals surface area (Å²) in [5, 5.41) is 14.5. The molecule has 0 amide bonds. The highest BCUT2D eigenvalue weighted by atomic mass is 79.9. The number of hydrogen-bond donors (Lipinski definition) is 1. The molecule has 0 aliphatic carbocycles. The van der Waals surface area contributed by atoms with Gasteiger partial charge in [0.05, 0.1) is 17.3 Å². The van der Waals surface area contributed by atoms with E-state index >= 15 is 0 Å². The molecule has 0 saturated heterocycles. The second kappa shape index (κ2) is 5.54. The molecular formula is C13H15BrN2O2. The molecule has 1 atom stereocenters. The Morgan fingerprint density at radius 3 is 2.83 bits per heavy atom. The van der Waals surface area contributed by atoms with Gasteiger partial charge in [0.2, 0.25) is 0 Å². The zero-order valence-corrected chi connectivity index (χ0v) is 11.9. The summed E-state index contributed by atoms with van der Waals surface area (Å²) in [6, 6.07) is 7.36. The monoisotopic (exact) mass is 310 g/mol. The second-order valence-electron chi connectivity index (χ2n) is 3.87. The Hall–Kier alpha value is -1.33. The number of aromatic nitrogens is 2. The van der Waals surface area contributed by atoms with Crippen molar-refractivity contribution in [2.24, 2.45) is 0 Å². The normalized spacial score (nSPS) is 12.4. The maximum Gasteiger partial charge on any atom is 0.133 e. The van der Waals surface area contributed by atoms with Gasteiger partial charge in [-0.1, -0.05) is 6.07 Å². The maximum atomic E-state index is 10.4. The standard InChI is InChI=1S/C13H15BrN2O2/c1-3-16-11(6-7-15-16)13(17)9-4-5-12(18-2)10(14)8-9/h4-8,13,17H,3H2,1-2H3. The third-order valence-electron chi connectivity index (χ3n) is 2.82. The summed E-state index contributed by atoms with van der Waals surface area (Å²) in [6.07, 6.45) is 1.01. The molecule has 1 unspecified atom stereocenters. The van der Waals surface area contributed by atoms with Crippen LogP contribution in [0.2, 0.25) is 0 Å². The van der Waals surface area contributed by atoms with Crippen LogP contribution in [-0.4, -0.2) is 22.0 Å². The molecule has 0 aliphatic rings. The fourth-order valence-electron chi connectivity index (χ4n) is 1.86. The van der Waals surface area contributed by atoms with Crippen molar-refractivity contribution >= 4 is 15.9 Å². The van der Waals surface area contributed by atoms with E-state index in [2.05, 4.69) is 21.0 Å². The van der Waals surface area contributed by atoms with Gasteiger partial charge in [-0.3, -0.25) is 4.68 Å². The van der Waals surface area contributed by atoms with Crippen LogP contribution in [0.3, 0.4) is 0 Å². The van der Waals surface area contributed by atoms with Crippen LogP contribution in [0.5, 0.6) is 5.75 Å². The summed E-state index contributed by atoms with van der Waals surface area (Å²) >= 11 is 3.42. The van der Waals surface area contributed by atoms with Crippen LogP contribution in [0, 0.1) is 0 Å². The minimum atomic E-state index is -0.686. The minimum Gasteiger partial charge on any atom is -0.496 e. The first-order valence-corrected chi connectivity index (χ1v) is 6.50. The van der Waals surface area contributed by atoms with Crippen molar-refractivity contribution in [1.29, 1.82) is 0 Å². The highest BCUT2D eigenvalue weighted by Gasteiger charge is 2.16. The van der Waals surface area contributed by atoms with Gasteiger partial charge < -0.3 is 9.84 Å². The number of hydrogen-bond acceptors (Lipinski definition) is 3. The summed E-state index contributed by atoms with van der Waals surface area (Å²) in [4.78, 5) is 0. The Labute approximate surface area is 114 Å². The van der Waals surface area contributed by atoms with Gasteiger partial charge in [-0.05, 0) is 46.6 Å². The lowest BCUT2D eigenvalue weighted by molar-refractivity contribution is 0.208. The first-order chi connectivity index (χ1) is 8.67. The molecule has 4 nitrogen and oxygen atoms in total. The molecule has 1 heterocycles. The van der Waals surface area contributed by atoms with E-state index in [0.29, 0.717) is 0 Å². The molecule has 0 fully saturated rings. The molecule has 1 aromatic carbocycles. The molecule has 2 rings (SSSR count). The number of benzene rings is 1. The van der Waals surface area contributed by atoms with Crippen molar-refractivity contribution in [3.05, 3.63) is 46.2 Å². The van der Waals surface area contributed by atoms with Crippen molar-refractivity contribution in [1.82, 2.24) is 9.78 Å². The molecule has 0 spiro atoms. The molecule has 0 aliphatic heterocycles. The number of halogens is 1. The van der Waals surface area contributed by atoms with Crippen LogP contribution < -0.4 is 4.74 Å². The molecule has 1 aromatic heterocycles.